The van der Waals surface area contributed by atoms with Crippen molar-refractivity contribution >= 4 is 5.97 Å². The van der Waals surface area contributed by atoms with Crippen LogP contribution in [0.2, 0.25) is 0 Å². The molecular formula is C22H20N2O4. The molecule has 3 rings (SSSR count). The Hall–Kier alpha value is -3.59. The normalized spacial score (nSPS) is 10.3. The van der Waals surface area contributed by atoms with E-state index in [0.29, 0.717) is 41.7 Å². The Labute approximate surface area is 163 Å². The van der Waals surface area contributed by atoms with Crippen LogP contribution >= 0.6 is 0 Å². The number of rotatable bonds is 7. The highest BCUT2D eigenvalue weighted by atomic mass is 16.6. The highest BCUT2D eigenvalue weighted by Crippen LogP contribution is 2.29. The number of nitriles is 1. The molecule has 0 aliphatic rings. The van der Waals surface area contributed by atoms with Gasteiger partial charge in [0.05, 0.1) is 30.9 Å². The van der Waals surface area contributed by atoms with Gasteiger partial charge >= 0.3 is 5.97 Å². The highest BCUT2D eigenvalue weighted by molar-refractivity contribution is 5.73. The maximum absolute atomic E-state index is 12.2. The minimum absolute atomic E-state index is 0.111. The first-order valence-corrected chi connectivity index (χ1v) is 8.98. The number of aromatic nitrogens is 1. The van der Waals surface area contributed by atoms with Crippen molar-refractivity contribution in [3.63, 3.8) is 0 Å². The number of ether oxygens (including phenoxy) is 2. The van der Waals surface area contributed by atoms with E-state index in [1.165, 1.54) is 5.56 Å². The van der Waals surface area contributed by atoms with Gasteiger partial charge in [-0.3, -0.25) is 4.79 Å². The molecule has 28 heavy (non-hydrogen) atoms. The van der Waals surface area contributed by atoms with Crippen molar-refractivity contribution in [1.29, 1.82) is 5.26 Å². The van der Waals surface area contributed by atoms with Crippen molar-refractivity contribution < 1.29 is 18.7 Å². The van der Waals surface area contributed by atoms with Gasteiger partial charge in [0.15, 0.2) is 23.1 Å². The average Bonchev–Trinajstić information content (AvgIpc) is 3.17. The molecule has 6 heteroatoms. The van der Waals surface area contributed by atoms with Gasteiger partial charge in [0.2, 0.25) is 0 Å². The molecule has 0 radical (unpaired) electrons. The molecule has 0 spiro atoms. The Kier molecular flexibility index (Phi) is 6.07. The number of hydrogen-bond acceptors (Lipinski definition) is 6. The third-order valence-corrected chi connectivity index (χ3v) is 4.03. The third-order valence-electron chi connectivity index (χ3n) is 4.03. The molecule has 0 saturated heterocycles. The van der Waals surface area contributed by atoms with E-state index in [1.807, 2.05) is 44.2 Å². The van der Waals surface area contributed by atoms with E-state index in [-0.39, 0.29) is 6.42 Å². The van der Waals surface area contributed by atoms with Gasteiger partial charge in [-0.1, -0.05) is 29.8 Å². The summed E-state index contributed by atoms with van der Waals surface area (Å²) >= 11 is 0. The summed E-state index contributed by atoms with van der Waals surface area (Å²) in [7, 11) is 0. The lowest BCUT2D eigenvalue weighted by atomic mass is 10.1. The van der Waals surface area contributed by atoms with Crippen LogP contribution in [-0.4, -0.2) is 17.6 Å². The van der Waals surface area contributed by atoms with Gasteiger partial charge in [-0.2, -0.15) is 5.26 Å². The van der Waals surface area contributed by atoms with Crippen LogP contribution in [0.3, 0.4) is 0 Å². The van der Waals surface area contributed by atoms with E-state index in [2.05, 4.69) is 4.98 Å². The molecule has 0 amide bonds. The van der Waals surface area contributed by atoms with Gasteiger partial charge in [-0.05, 0) is 26.0 Å². The predicted octanol–water partition coefficient (Wildman–Crippen LogP) is 4.46. The molecular weight excluding hydrogens is 356 g/mol. The Morgan fingerprint density at radius 1 is 1.18 bits per heavy atom. The zero-order chi connectivity index (χ0) is 19.9. The predicted molar refractivity (Wildman–Crippen MR) is 103 cm³/mol. The molecule has 0 N–H and O–H groups in total. The maximum atomic E-state index is 12.2. The molecule has 1 aromatic heterocycles. The topological polar surface area (TPSA) is 85.4 Å². The molecule has 1 heterocycles. The quantitative estimate of drug-likeness (QED) is 0.447. The SMILES string of the molecule is CCOc1cc(C#N)ccc1OC(=O)CCc1ncc(-c2ccc(C)cc2)o1. The van der Waals surface area contributed by atoms with Crippen LogP contribution in [0.5, 0.6) is 11.5 Å². The van der Waals surface area contributed by atoms with Crippen LogP contribution in [0.25, 0.3) is 11.3 Å². The molecule has 0 saturated carbocycles. The minimum Gasteiger partial charge on any atom is -0.490 e. The number of aryl methyl sites for hydroxylation is 2. The zero-order valence-electron chi connectivity index (χ0n) is 15.8. The molecule has 0 atom stereocenters. The fraction of sp³-hybridized carbons (Fsp3) is 0.227. The fourth-order valence-corrected chi connectivity index (χ4v) is 2.59. The van der Waals surface area contributed by atoms with E-state index in [4.69, 9.17) is 19.2 Å². The number of benzene rings is 2. The largest absolute Gasteiger partial charge is 0.490 e. The Bertz CT molecular complexity index is 1000. The molecule has 6 nitrogen and oxygen atoms in total. The van der Waals surface area contributed by atoms with Crippen molar-refractivity contribution in [2.45, 2.75) is 26.7 Å². The molecule has 0 fully saturated rings. The first-order valence-electron chi connectivity index (χ1n) is 8.98. The first-order chi connectivity index (χ1) is 13.6. The van der Waals surface area contributed by atoms with E-state index < -0.39 is 5.97 Å². The van der Waals surface area contributed by atoms with Crippen molar-refractivity contribution in [1.82, 2.24) is 4.98 Å². The highest BCUT2D eigenvalue weighted by Gasteiger charge is 2.14. The smallest absolute Gasteiger partial charge is 0.311 e. The number of carbonyl (C=O) groups excluding carboxylic acids is 1. The monoisotopic (exact) mass is 376 g/mol. The molecule has 2 aromatic carbocycles. The number of oxazole rings is 1. The number of hydrogen-bond donors (Lipinski definition) is 0. The Morgan fingerprint density at radius 2 is 1.96 bits per heavy atom. The zero-order valence-corrected chi connectivity index (χ0v) is 15.8. The van der Waals surface area contributed by atoms with Crippen LogP contribution in [0, 0.1) is 18.3 Å². The van der Waals surface area contributed by atoms with Crippen LogP contribution in [0.4, 0.5) is 0 Å². The van der Waals surface area contributed by atoms with E-state index in [0.717, 1.165) is 5.56 Å². The van der Waals surface area contributed by atoms with Crippen LogP contribution < -0.4 is 9.47 Å². The van der Waals surface area contributed by atoms with Gasteiger partial charge in [0.1, 0.15) is 0 Å². The summed E-state index contributed by atoms with van der Waals surface area (Å²) in [6.45, 7) is 4.24. The van der Waals surface area contributed by atoms with Crippen LogP contribution in [0.1, 0.15) is 30.4 Å². The van der Waals surface area contributed by atoms with Crippen molar-refractivity contribution in [3.05, 3.63) is 65.7 Å². The van der Waals surface area contributed by atoms with Gasteiger partial charge in [-0.25, -0.2) is 4.98 Å². The Morgan fingerprint density at radius 3 is 2.68 bits per heavy atom. The van der Waals surface area contributed by atoms with E-state index in [9.17, 15) is 4.79 Å². The number of esters is 1. The van der Waals surface area contributed by atoms with Gasteiger partial charge in [0.25, 0.3) is 0 Å². The summed E-state index contributed by atoms with van der Waals surface area (Å²) in [4.78, 5) is 16.4. The fourth-order valence-electron chi connectivity index (χ4n) is 2.59. The van der Waals surface area contributed by atoms with E-state index >= 15 is 0 Å². The van der Waals surface area contributed by atoms with Crippen molar-refractivity contribution in [2.75, 3.05) is 6.61 Å². The van der Waals surface area contributed by atoms with Crippen molar-refractivity contribution in [2.24, 2.45) is 0 Å². The van der Waals surface area contributed by atoms with E-state index in [1.54, 1.807) is 24.4 Å². The standard InChI is InChI=1S/C22H20N2O4/c1-3-26-19-12-16(13-23)6-9-18(19)28-22(25)11-10-21-24-14-20(27-21)17-7-4-15(2)5-8-17/h4-9,12,14H,3,10-11H2,1-2H3. The average molecular weight is 376 g/mol. The lowest BCUT2D eigenvalue weighted by Crippen LogP contribution is -2.10. The van der Waals surface area contributed by atoms with Gasteiger partial charge in [0, 0.05) is 18.1 Å². The lowest BCUT2D eigenvalue weighted by Gasteiger charge is -2.10. The first kappa shape index (κ1) is 19.2. The second-order valence-corrected chi connectivity index (χ2v) is 6.16. The van der Waals surface area contributed by atoms with Crippen LogP contribution in [0.15, 0.2) is 53.1 Å². The molecule has 142 valence electrons. The summed E-state index contributed by atoms with van der Waals surface area (Å²) < 4.78 is 16.5. The lowest BCUT2D eigenvalue weighted by molar-refractivity contribution is -0.134. The summed E-state index contributed by atoms with van der Waals surface area (Å²) in [5, 5.41) is 8.98. The van der Waals surface area contributed by atoms with Gasteiger partial charge in [-0.15, -0.1) is 0 Å². The minimum atomic E-state index is -0.430. The molecule has 0 unspecified atom stereocenters. The second-order valence-electron chi connectivity index (χ2n) is 6.16. The maximum Gasteiger partial charge on any atom is 0.311 e. The number of nitrogens with zero attached hydrogens (tertiary/aromatic N) is 2. The second kappa shape index (κ2) is 8.87. The Balaban J connectivity index is 1.61. The number of carbonyl (C=O) groups is 1. The summed E-state index contributed by atoms with van der Waals surface area (Å²) in [6, 6.07) is 14.7. The molecule has 0 bridgehead atoms. The van der Waals surface area contributed by atoms with Crippen LogP contribution in [-0.2, 0) is 11.2 Å². The van der Waals surface area contributed by atoms with Gasteiger partial charge < -0.3 is 13.9 Å². The summed E-state index contributed by atoms with van der Waals surface area (Å²) in [5.41, 5.74) is 2.54. The molecule has 0 aliphatic carbocycles. The summed E-state index contributed by atoms with van der Waals surface area (Å²) in [6.07, 6.45) is 2.09. The molecule has 3 aromatic rings. The van der Waals surface area contributed by atoms with Crippen molar-refractivity contribution in [3.8, 4) is 28.9 Å². The molecule has 0 aliphatic heterocycles. The third kappa shape index (κ3) is 4.77. The summed E-state index contributed by atoms with van der Waals surface area (Å²) in [5.74, 6) is 1.36.